The number of nitrogens with two attached hydrogens (primary N) is 1. The topological polar surface area (TPSA) is 116 Å². The second kappa shape index (κ2) is 8.85. The zero-order valence-electron chi connectivity index (χ0n) is 14.6. The van der Waals surface area contributed by atoms with E-state index in [4.69, 9.17) is 11.0 Å². The second-order valence-electron chi connectivity index (χ2n) is 5.49. The minimum absolute atomic E-state index is 0.0469. The molecular formula is C18H24N4O2. The van der Waals surface area contributed by atoms with E-state index in [9.17, 15) is 9.59 Å². The summed E-state index contributed by atoms with van der Waals surface area (Å²) in [6.07, 6.45) is 1.63. The minimum Gasteiger partial charge on any atom is -0.326 e. The highest BCUT2D eigenvalue weighted by Crippen LogP contribution is 2.03. The first-order valence-electron chi connectivity index (χ1n) is 7.92. The van der Waals surface area contributed by atoms with Gasteiger partial charge in [0.2, 0.25) is 0 Å². The van der Waals surface area contributed by atoms with Crippen molar-refractivity contribution in [3.8, 4) is 6.07 Å². The first-order chi connectivity index (χ1) is 11.4. The van der Waals surface area contributed by atoms with Gasteiger partial charge in [-0.15, -0.1) is 0 Å². The standard InChI is InChI=1S/C9H14N2O.C9H10N2O/c2*1-3-7-4-6(2)8(5-10)9(12)11-7/h4H,3,5,10H2,1-2H3,(H,11,12);4H,3H2,1-2H3,(H,11,12). The molecule has 0 atom stereocenters. The van der Waals surface area contributed by atoms with Gasteiger partial charge in [-0.3, -0.25) is 9.59 Å². The van der Waals surface area contributed by atoms with Crippen molar-refractivity contribution >= 4 is 0 Å². The lowest BCUT2D eigenvalue weighted by atomic mass is 10.1. The summed E-state index contributed by atoms with van der Waals surface area (Å²) in [5.74, 6) is 0. The molecule has 0 saturated carbocycles. The number of nitriles is 1. The number of nitrogens with zero attached hydrogens (tertiary/aromatic N) is 1. The number of aromatic amines is 2. The van der Waals surface area contributed by atoms with Gasteiger partial charge in [-0.1, -0.05) is 13.8 Å². The third kappa shape index (κ3) is 4.67. The summed E-state index contributed by atoms with van der Waals surface area (Å²) in [5, 5.41) is 8.59. The normalized spacial score (nSPS) is 9.83. The summed E-state index contributed by atoms with van der Waals surface area (Å²) in [6.45, 7) is 7.96. The molecule has 128 valence electrons. The van der Waals surface area contributed by atoms with Gasteiger partial charge < -0.3 is 15.7 Å². The van der Waals surface area contributed by atoms with Crippen LogP contribution in [0.3, 0.4) is 0 Å². The van der Waals surface area contributed by atoms with Crippen LogP contribution in [0.4, 0.5) is 0 Å². The zero-order chi connectivity index (χ0) is 18.3. The lowest BCUT2D eigenvalue weighted by Crippen LogP contribution is -2.19. The van der Waals surface area contributed by atoms with Crippen LogP contribution in [0.2, 0.25) is 0 Å². The van der Waals surface area contributed by atoms with Crippen molar-refractivity contribution in [2.24, 2.45) is 5.73 Å². The summed E-state index contributed by atoms with van der Waals surface area (Å²) in [4.78, 5) is 27.9. The summed E-state index contributed by atoms with van der Waals surface area (Å²) < 4.78 is 0. The quantitative estimate of drug-likeness (QED) is 0.797. The SMILES string of the molecule is CCc1cc(C)c(C#N)c(=O)[nH]1.CCc1cc(C)c(CN)c(=O)[nH]1. The number of rotatable bonds is 3. The van der Waals surface area contributed by atoms with E-state index in [1.807, 2.05) is 39.0 Å². The van der Waals surface area contributed by atoms with Gasteiger partial charge in [0, 0.05) is 23.5 Å². The van der Waals surface area contributed by atoms with Crippen LogP contribution in [0, 0.1) is 25.2 Å². The fourth-order valence-electron chi connectivity index (χ4n) is 2.32. The van der Waals surface area contributed by atoms with Gasteiger partial charge in [0.05, 0.1) is 0 Å². The third-order valence-corrected chi connectivity index (χ3v) is 3.78. The molecule has 0 spiro atoms. The Morgan fingerprint density at radius 3 is 1.88 bits per heavy atom. The van der Waals surface area contributed by atoms with Crippen molar-refractivity contribution in [2.45, 2.75) is 47.1 Å². The third-order valence-electron chi connectivity index (χ3n) is 3.78. The van der Waals surface area contributed by atoms with E-state index in [0.29, 0.717) is 12.1 Å². The van der Waals surface area contributed by atoms with Crippen molar-refractivity contribution in [3.63, 3.8) is 0 Å². The molecule has 4 N–H and O–H groups in total. The van der Waals surface area contributed by atoms with Crippen molar-refractivity contribution in [3.05, 3.63) is 66.5 Å². The van der Waals surface area contributed by atoms with E-state index in [2.05, 4.69) is 9.97 Å². The molecule has 0 aliphatic rings. The van der Waals surface area contributed by atoms with Crippen molar-refractivity contribution in [2.75, 3.05) is 0 Å². The van der Waals surface area contributed by atoms with Crippen LogP contribution < -0.4 is 16.9 Å². The predicted molar refractivity (Wildman–Crippen MR) is 95.0 cm³/mol. The van der Waals surface area contributed by atoms with Gasteiger partial charge in [-0.25, -0.2) is 0 Å². The number of nitrogens with one attached hydrogen (secondary N) is 2. The molecule has 0 saturated heterocycles. The van der Waals surface area contributed by atoms with Crippen LogP contribution in [-0.2, 0) is 19.4 Å². The Morgan fingerprint density at radius 2 is 1.50 bits per heavy atom. The molecule has 0 fully saturated rings. The summed E-state index contributed by atoms with van der Waals surface area (Å²) in [7, 11) is 0. The molecule has 0 aliphatic heterocycles. The minimum atomic E-state index is -0.283. The maximum absolute atomic E-state index is 11.3. The Hall–Kier alpha value is -2.65. The van der Waals surface area contributed by atoms with Crippen LogP contribution in [-0.4, -0.2) is 9.97 Å². The number of aromatic nitrogens is 2. The number of pyridine rings is 2. The highest BCUT2D eigenvalue weighted by Gasteiger charge is 2.03. The molecular weight excluding hydrogens is 304 g/mol. The Bertz CT molecular complexity index is 857. The van der Waals surface area contributed by atoms with Gasteiger partial charge in [0.1, 0.15) is 11.6 Å². The maximum Gasteiger partial charge on any atom is 0.266 e. The van der Waals surface area contributed by atoms with Crippen molar-refractivity contribution in [1.29, 1.82) is 5.26 Å². The number of hydrogen-bond acceptors (Lipinski definition) is 4. The second-order valence-corrected chi connectivity index (χ2v) is 5.49. The molecule has 0 unspecified atom stereocenters. The Morgan fingerprint density at radius 1 is 1.00 bits per heavy atom. The number of H-pyrrole nitrogens is 2. The van der Waals surface area contributed by atoms with Crippen LogP contribution in [0.1, 0.15) is 47.5 Å². The van der Waals surface area contributed by atoms with Gasteiger partial charge in [-0.2, -0.15) is 5.26 Å². The average molecular weight is 328 g/mol. The summed E-state index contributed by atoms with van der Waals surface area (Å²) in [5.41, 5.74) is 9.57. The van der Waals surface area contributed by atoms with Crippen LogP contribution >= 0.6 is 0 Å². The average Bonchev–Trinajstić information content (AvgIpc) is 2.54. The Kier molecular flexibility index (Phi) is 7.15. The van der Waals surface area contributed by atoms with Crippen molar-refractivity contribution < 1.29 is 0 Å². The van der Waals surface area contributed by atoms with E-state index in [1.54, 1.807) is 6.92 Å². The van der Waals surface area contributed by atoms with Crippen molar-refractivity contribution in [1.82, 2.24) is 9.97 Å². The predicted octanol–water partition coefficient (Wildman–Crippen LogP) is 1.82. The Labute approximate surface area is 141 Å². The molecule has 0 aromatic carbocycles. The monoisotopic (exact) mass is 328 g/mol. The summed E-state index contributed by atoms with van der Waals surface area (Å²) >= 11 is 0. The Balaban J connectivity index is 0.000000240. The molecule has 2 aromatic heterocycles. The first-order valence-corrected chi connectivity index (χ1v) is 7.92. The molecule has 24 heavy (non-hydrogen) atoms. The molecule has 2 heterocycles. The van der Waals surface area contributed by atoms with Gasteiger partial charge in [-0.05, 0) is 49.9 Å². The molecule has 0 bridgehead atoms. The van der Waals surface area contributed by atoms with E-state index in [0.717, 1.165) is 35.4 Å². The molecule has 2 aromatic rings. The number of hydrogen-bond donors (Lipinski definition) is 3. The van der Waals surface area contributed by atoms with Gasteiger partial charge >= 0.3 is 0 Å². The maximum atomic E-state index is 11.3. The van der Waals surface area contributed by atoms with E-state index < -0.39 is 0 Å². The molecule has 0 amide bonds. The summed E-state index contributed by atoms with van der Waals surface area (Å²) in [6, 6.07) is 5.68. The van der Waals surface area contributed by atoms with Crippen LogP contribution in [0.15, 0.2) is 21.7 Å². The van der Waals surface area contributed by atoms with E-state index in [1.165, 1.54) is 0 Å². The zero-order valence-corrected chi connectivity index (χ0v) is 14.6. The molecule has 6 heteroatoms. The molecule has 0 radical (unpaired) electrons. The van der Waals surface area contributed by atoms with Gasteiger partial charge in [0.25, 0.3) is 11.1 Å². The smallest absolute Gasteiger partial charge is 0.266 e. The van der Waals surface area contributed by atoms with Crippen LogP contribution in [0.5, 0.6) is 0 Å². The molecule has 6 nitrogen and oxygen atoms in total. The molecule has 0 aliphatic carbocycles. The van der Waals surface area contributed by atoms with Gasteiger partial charge in [0.15, 0.2) is 0 Å². The largest absolute Gasteiger partial charge is 0.326 e. The van der Waals surface area contributed by atoms with E-state index in [-0.39, 0.29) is 16.7 Å². The lowest BCUT2D eigenvalue weighted by Gasteiger charge is -2.03. The highest BCUT2D eigenvalue weighted by atomic mass is 16.1. The first kappa shape index (κ1) is 19.4. The fraction of sp³-hybridized carbons (Fsp3) is 0.389. The number of aryl methyl sites for hydroxylation is 4. The molecule has 2 rings (SSSR count). The lowest BCUT2D eigenvalue weighted by molar-refractivity contribution is 0.939. The highest BCUT2D eigenvalue weighted by molar-refractivity contribution is 5.35. The van der Waals surface area contributed by atoms with E-state index >= 15 is 0 Å². The fourth-order valence-corrected chi connectivity index (χ4v) is 2.32. The van der Waals surface area contributed by atoms with Crippen LogP contribution in [0.25, 0.3) is 0 Å².